The van der Waals surface area contributed by atoms with Crippen LogP contribution >= 0.6 is 0 Å². The SMILES string of the molecule is CCNC(=O)CC1(O)CNC2(CCCCC2)OC1. The van der Waals surface area contributed by atoms with Crippen LogP contribution in [0.15, 0.2) is 0 Å². The lowest BCUT2D eigenvalue weighted by atomic mass is 9.88. The van der Waals surface area contributed by atoms with Crippen molar-refractivity contribution in [2.45, 2.75) is 56.8 Å². The largest absolute Gasteiger partial charge is 0.386 e. The Morgan fingerprint density at radius 1 is 1.39 bits per heavy atom. The summed E-state index contributed by atoms with van der Waals surface area (Å²) in [4.78, 5) is 11.5. The smallest absolute Gasteiger partial charge is 0.223 e. The first-order valence-electron chi connectivity index (χ1n) is 6.96. The van der Waals surface area contributed by atoms with Crippen molar-refractivity contribution in [2.24, 2.45) is 0 Å². The summed E-state index contributed by atoms with van der Waals surface area (Å²) in [5.41, 5.74) is -1.31. The molecule has 1 saturated heterocycles. The molecule has 1 aliphatic heterocycles. The van der Waals surface area contributed by atoms with E-state index < -0.39 is 5.60 Å². The van der Waals surface area contributed by atoms with E-state index in [-0.39, 0.29) is 24.7 Å². The third-order valence-corrected chi connectivity index (χ3v) is 3.88. The zero-order valence-electron chi connectivity index (χ0n) is 11.1. The molecule has 3 N–H and O–H groups in total. The predicted molar refractivity (Wildman–Crippen MR) is 68.0 cm³/mol. The summed E-state index contributed by atoms with van der Waals surface area (Å²) in [5, 5.41) is 16.4. The molecular weight excluding hydrogens is 232 g/mol. The van der Waals surface area contributed by atoms with Gasteiger partial charge >= 0.3 is 0 Å². The number of nitrogens with one attached hydrogen (secondary N) is 2. The lowest BCUT2D eigenvalue weighted by Gasteiger charge is -2.46. The number of rotatable bonds is 3. The van der Waals surface area contributed by atoms with Gasteiger partial charge in [-0.15, -0.1) is 0 Å². The highest BCUT2D eigenvalue weighted by Gasteiger charge is 2.43. The van der Waals surface area contributed by atoms with E-state index >= 15 is 0 Å². The lowest BCUT2D eigenvalue weighted by Crippen LogP contribution is -2.63. The topological polar surface area (TPSA) is 70.6 Å². The van der Waals surface area contributed by atoms with Gasteiger partial charge in [-0.3, -0.25) is 10.1 Å². The summed E-state index contributed by atoms with van der Waals surface area (Å²) in [7, 11) is 0. The molecule has 1 heterocycles. The second-order valence-corrected chi connectivity index (χ2v) is 5.55. The van der Waals surface area contributed by atoms with E-state index in [1.54, 1.807) is 0 Å². The van der Waals surface area contributed by atoms with Crippen molar-refractivity contribution >= 4 is 5.91 Å². The minimum atomic E-state index is -1.07. The molecule has 2 rings (SSSR count). The zero-order chi connectivity index (χ0) is 13.1. The highest BCUT2D eigenvalue weighted by Crippen LogP contribution is 2.33. The van der Waals surface area contributed by atoms with Gasteiger partial charge in [-0.25, -0.2) is 0 Å². The van der Waals surface area contributed by atoms with Gasteiger partial charge in [0.05, 0.1) is 13.0 Å². The number of carbonyl (C=O) groups excluding carboxylic acids is 1. The predicted octanol–water partition coefficient (Wildman–Crippen LogP) is 0.524. The number of aliphatic hydroxyl groups is 1. The van der Waals surface area contributed by atoms with E-state index in [1.807, 2.05) is 6.92 Å². The van der Waals surface area contributed by atoms with E-state index in [0.29, 0.717) is 13.1 Å². The van der Waals surface area contributed by atoms with Crippen LogP contribution in [0.25, 0.3) is 0 Å². The number of amides is 1. The summed E-state index contributed by atoms with van der Waals surface area (Å²) in [6, 6.07) is 0. The minimum Gasteiger partial charge on any atom is -0.386 e. The van der Waals surface area contributed by atoms with Crippen LogP contribution in [0.1, 0.15) is 45.4 Å². The Balaban J connectivity index is 1.86. The molecule has 1 atom stereocenters. The van der Waals surface area contributed by atoms with Gasteiger partial charge in [0.1, 0.15) is 11.3 Å². The van der Waals surface area contributed by atoms with Gasteiger partial charge in [-0.05, 0) is 32.6 Å². The molecule has 1 unspecified atom stereocenters. The summed E-state index contributed by atoms with van der Waals surface area (Å²) in [6.07, 6.45) is 5.71. The Morgan fingerprint density at radius 2 is 2.11 bits per heavy atom. The molecule has 0 radical (unpaired) electrons. The second-order valence-electron chi connectivity index (χ2n) is 5.55. The van der Waals surface area contributed by atoms with Crippen LogP contribution in [0, 0.1) is 0 Å². The highest BCUT2D eigenvalue weighted by atomic mass is 16.5. The first kappa shape index (κ1) is 13.8. The van der Waals surface area contributed by atoms with Gasteiger partial charge in [0.2, 0.25) is 5.91 Å². The molecular formula is C13H24N2O3. The molecule has 1 amide bonds. The Morgan fingerprint density at radius 3 is 2.67 bits per heavy atom. The third kappa shape index (κ3) is 3.22. The Labute approximate surface area is 108 Å². The number of ether oxygens (including phenoxy) is 1. The van der Waals surface area contributed by atoms with Crippen LogP contribution in [0.4, 0.5) is 0 Å². The molecule has 0 bridgehead atoms. The summed E-state index contributed by atoms with van der Waals surface area (Å²) >= 11 is 0. The van der Waals surface area contributed by atoms with Gasteiger partial charge < -0.3 is 15.2 Å². The molecule has 1 spiro atoms. The molecule has 1 saturated carbocycles. The van der Waals surface area contributed by atoms with Crippen molar-refractivity contribution < 1.29 is 14.6 Å². The molecule has 104 valence electrons. The third-order valence-electron chi connectivity index (χ3n) is 3.88. The first-order valence-corrected chi connectivity index (χ1v) is 6.96. The molecule has 0 aromatic carbocycles. The molecule has 0 aromatic heterocycles. The zero-order valence-corrected chi connectivity index (χ0v) is 11.1. The average molecular weight is 256 g/mol. The maximum absolute atomic E-state index is 11.5. The number of β-amino-alcohol motifs (C(OH)–C–C–N with tert-alkyl or cyclic N) is 1. The van der Waals surface area contributed by atoms with Crippen molar-refractivity contribution in [3.8, 4) is 0 Å². The molecule has 0 aromatic rings. The van der Waals surface area contributed by atoms with Crippen LogP contribution in [0.3, 0.4) is 0 Å². The maximum atomic E-state index is 11.5. The van der Waals surface area contributed by atoms with Crippen LogP contribution < -0.4 is 10.6 Å². The number of hydrogen-bond donors (Lipinski definition) is 3. The van der Waals surface area contributed by atoms with Crippen LogP contribution in [-0.2, 0) is 9.53 Å². The van der Waals surface area contributed by atoms with E-state index in [9.17, 15) is 9.90 Å². The average Bonchev–Trinajstić information content (AvgIpc) is 2.35. The standard InChI is InChI=1S/C13H24N2O3/c1-2-14-11(16)8-12(17)9-15-13(18-10-12)6-4-3-5-7-13/h15,17H,2-10H2,1H3,(H,14,16). The molecule has 2 fully saturated rings. The monoisotopic (exact) mass is 256 g/mol. The molecule has 5 nitrogen and oxygen atoms in total. The van der Waals surface area contributed by atoms with Crippen LogP contribution in [0.2, 0.25) is 0 Å². The van der Waals surface area contributed by atoms with Crippen molar-refractivity contribution in [1.29, 1.82) is 0 Å². The summed E-state index contributed by atoms with van der Waals surface area (Å²) < 4.78 is 5.86. The molecule has 18 heavy (non-hydrogen) atoms. The minimum absolute atomic E-state index is 0.101. The fourth-order valence-electron chi connectivity index (χ4n) is 2.82. The Bertz CT molecular complexity index is 291. The lowest BCUT2D eigenvalue weighted by molar-refractivity contribution is -0.191. The summed E-state index contributed by atoms with van der Waals surface area (Å²) in [6.45, 7) is 3.14. The van der Waals surface area contributed by atoms with E-state index in [1.165, 1.54) is 19.3 Å². The van der Waals surface area contributed by atoms with E-state index in [4.69, 9.17) is 4.74 Å². The molecule has 1 aliphatic carbocycles. The van der Waals surface area contributed by atoms with Gasteiger partial charge in [0, 0.05) is 13.1 Å². The van der Waals surface area contributed by atoms with Gasteiger partial charge in [-0.1, -0.05) is 6.42 Å². The fourth-order valence-corrected chi connectivity index (χ4v) is 2.82. The van der Waals surface area contributed by atoms with E-state index in [2.05, 4.69) is 10.6 Å². The van der Waals surface area contributed by atoms with Gasteiger partial charge in [-0.2, -0.15) is 0 Å². The second kappa shape index (κ2) is 5.55. The number of carbonyl (C=O) groups is 1. The fraction of sp³-hybridized carbons (Fsp3) is 0.923. The highest BCUT2D eigenvalue weighted by molar-refractivity contribution is 5.77. The molecule has 5 heteroatoms. The van der Waals surface area contributed by atoms with Crippen molar-refractivity contribution in [3.05, 3.63) is 0 Å². The molecule has 2 aliphatic rings. The van der Waals surface area contributed by atoms with Gasteiger partial charge in [0.15, 0.2) is 0 Å². The number of hydrogen-bond acceptors (Lipinski definition) is 4. The van der Waals surface area contributed by atoms with Crippen LogP contribution in [0.5, 0.6) is 0 Å². The van der Waals surface area contributed by atoms with Gasteiger partial charge in [0.25, 0.3) is 0 Å². The summed E-state index contributed by atoms with van der Waals surface area (Å²) in [5.74, 6) is -0.120. The Hall–Kier alpha value is -0.650. The first-order chi connectivity index (χ1) is 8.58. The van der Waals surface area contributed by atoms with Crippen molar-refractivity contribution in [2.75, 3.05) is 19.7 Å². The normalized spacial score (nSPS) is 31.2. The van der Waals surface area contributed by atoms with Crippen molar-refractivity contribution in [3.63, 3.8) is 0 Å². The van der Waals surface area contributed by atoms with E-state index in [0.717, 1.165) is 12.8 Å². The van der Waals surface area contributed by atoms with Crippen LogP contribution in [-0.4, -0.2) is 42.0 Å². The quantitative estimate of drug-likeness (QED) is 0.688. The maximum Gasteiger partial charge on any atom is 0.223 e. The Kier molecular flexibility index (Phi) is 4.25. The van der Waals surface area contributed by atoms with Crippen molar-refractivity contribution in [1.82, 2.24) is 10.6 Å².